The highest BCUT2D eigenvalue weighted by Gasteiger charge is 2.27. The van der Waals surface area contributed by atoms with Gasteiger partial charge in [-0.05, 0) is 43.7 Å². The summed E-state index contributed by atoms with van der Waals surface area (Å²) < 4.78 is 0. The Morgan fingerprint density at radius 2 is 2.26 bits per heavy atom. The molecule has 4 rings (SSSR count). The zero-order chi connectivity index (χ0) is 15.8. The summed E-state index contributed by atoms with van der Waals surface area (Å²) in [5.74, 6) is 2.22. The van der Waals surface area contributed by atoms with E-state index < -0.39 is 0 Å². The average Bonchev–Trinajstić information content (AvgIpc) is 3.19. The van der Waals surface area contributed by atoms with Crippen LogP contribution in [0.5, 0.6) is 0 Å². The van der Waals surface area contributed by atoms with Crippen LogP contribution in [0.15, 0.2) is 30.5 Å². The largest absolute Gasteiger partial charge is 0.298 e. The highest BCUT2D eigenvalue weighted by molar-refractivity contribution is 6.35. The first-order chi connectivity index (χ1) is 11.2. The fourth-order valence-electron chi connectivity index (χ4n) is 3.29. The van der Waals surface area contributed by atoms with Gasteiger partial charge in [0.15, 0.2) is 5.82 Å². The van der Waals surface area contributed by atoms with E-state index in [0.29, 0.717) is 5.92 Å². The number of benzene rings is 1. The summed E-state index contributed by atoms with van der Waals surface area (Å²) in [6, 6.07) is 8.00. The van der Waals surface area contributed by atoms with Gasteiger partial charge in [-0.1, -0.05) is 17.7 Å². The minimum Gasteiger partial charge on any atom is -0.298 e. The second-order valence-electron chi connectivity index (χ2n) is 6.11. The minimum absolute atomic E-state index is 0.409. The molecule has 6 heteroatoms. The standard InChI is InChI=1S/C17H18ClN5/c1-11-20-17(22-21-11)13-6-8-23(10-13)9-12-4-5-15(18)14-3-2-7-19-16(12)14/h2-5,7,13H,6,8-10H2,1H3,(H,20,21,22). The Kier molecular flexibility index (Phi) is 3.75. The van der Waals surface area contributed by atoms with Crippen molar-refractivity contribution in [1.29, 1.82) is 0 Å². The maximum Gasteiger partial charge on any atom is 0.155 e. The number of nitrogens with one attached hydrogen (secondary N) is 1. The minimum atomic E-state index is 0.409. The number of aryl methyl sites for hydroxylation is 1. The van der Waals surface area contributed by atoms with Crippen molar-refractivity contribution >= 4 is 22.5 Å². The third kappa shape index (κ3) is 2.82. The van der Waals surface area contributed by atoms with Crippen LogP contribution >= 0.6 is 11.6 Å². The molecule has 1 aliphatic heterocycles. The van der Waals surface area contributed by atoms with Gasteiger partial charge in [0.25, 0.3) is 0 Å². The number of H-pyrrole nitrogens is 1. The van der Waals surface area contributed by atoms with Crippen molar-refractivity contribution in [3.05, 3.63) is 52.7 Å². The molecule has 0 bridgehead atoms. The van der Waals surface area contributed by atoms with Gasteiger partial charge < -0.3 is 0 Å². The van der Waals surface area contributed by atoms with E-state index in [1.807, 2.05) is 31.3 Å². The monoisotopic (exact) mass is 327 g/mol. The van der Waals surface area contributed by atoms with Gasteiger partial charge in [0.05, 0.1) is 5.52 Å². The van der Waals surface area contributed by atoms with Crippen LogP contribution in [0.1, 0.15) is 29.6 Å². The van der Waals surface area contributed by atoms with Crippen molar-refractivity contribution in [2.75, 3.05) is 13.1 Å². The van der Waals surface area contributed by atoms with Crippen molar-refractivity contribution in [3.63, 3.8) is 0 Å². The third-order valence-corrected chi connectivity index (χ3v) is 4.78. The molecule has 1 unspecified atom stereocenters. The molecule has 2 aromatic heterocycles. The number of pyridine rings is 1. The van der Waals surface area contributed by atoms with Gasteiger partial charge in [0, 0.05) is 35.6 Å². The molecular formula is C17H18ClN5. The second-order valence-corrected chi connectivity index (χ2v) is 6.51. The summed E-state index contributed by atoms with van der Waals surface area (Å²) in [6.07, 6.45) is 2.92. The predicted molar refractivity (Wildman–Crippen MR) is 90.5 cm³/mol. The van der Waals surface area contributed by atoms with Crippen LogP contribution < -0.4 is 0 Å². The first-order valence-electron chi connectivity index (χ1n) is 7.84. The third-order valence-electron chi connectivity index (χ3n) is 4.45. The molecule has 1 aromatic carbocycles. The number of aromatic nitrogens is 4. The van der Waals surface area contributed by atoms with E-state index in [1.54, 1.807) is 0 Å². The van der Waals surface area contributed by atoms with Gasteiger partial charge in [-0.15, -0.1) is 0 Å². The number of rotatable bonds is 3. The molecule has 23 heavy (non-hydrogen) atoms. The topological polar surface area (TPSA) is 57.7 Å². The summed E-state index contributed by atoms with van der Waals surface area (Å²) in [7, 11) is 0. The molecule has 0 saturated carbocycles. The van der Waals surface area contributed by atoms with Gasteiger partial charge in [-0.3, -0.25) is 15.0 Å². The molecule has 0 aliphatic carbocycles. The number of fused-ring (bicyclic) bond motifs is 1. The zero-order valence-corrected chi connectivity index (χ0v) is 13.7. The van der Waals surface area contributed by atoms with E-state index >= 15 is 0 Å². The Bertz CT molecular complexity index is 844. The average molecular weight is 328 g/mol. The molecule has 1 N–H and O–H groups in total. The van der Waals surface area contributed by atoms with Crippen LogP contribution in [0.2, 0.25) is 5.02 Å². The fraction of sp³-hybridized carbons (Fsp3) is 0.353. The molecule has 3 heterocycles. The molecule has 0 amide bonds. The van der Waals surface area contributed by atoms with Gasteiger partial charge in [0.1, 0.15) is 5.82 Å². The number of aromatic amines is 1. The maximum absolute atomic E-state index is 6.28. The van der Waals surface area contributed by atoms with Crippen LogP contribution in [-0.2, 0) is 6.54 Å². The predicted octanol–water partition coefficient (Wildman–Crippen LogP) is 3.30. The van der Waals surface area contributed by atoms with E-state index in [2.05, 4.69) is 31.1 Å². The molecule has 0 spiro atoms. The molecule has 1 saturated heterocycles. The molecule has 1 aliphatic rings. The highest BCUT2D eigenvalue weighted by atomic mass is 35.5. The number of nitrogens with zero attached hydrogens (tertiary/aromatic N) is 4. The molecule has 3 aromatic rings. The van der Waals surface area contributed by atoms with E-state index in [-0.39, 0.29) is 0 Å². The van der Waals surface area contributed by atoms with Crippen LogP contribution in [-0.4, -0.2) is 38.2 Å². The lowest BCUT2D eigenvalue weighted by atomic mass is 10.1. The van der Waals surface area contributed by atoms with E-state index in [1.165, 1.54) is 5.56 Å². The Balaban J connectivity index is 1.54. The Morgan fingerprint density at radius 3 is 3.09 bits per heavy atom. The molecule has 0 radical (unpaired) electrons. The van der Waals surface area contributed by atoms with Gasteiger partial charge in [0.2, 0.25) is 0 Å². The SMILES string of the molecule is Cc1nc(C2CCN(Cc3ccc(Cl)c4cccnc34)C2)n[nH]1. The molecular weight excluding hydrogens is 310 g/mol. The summed E-state index contributed by atoms with van der Waals surface area (Å²) in [6.45, 7) is 4.85. The van der Waals surface area contributed by atoms with Gasteiger partial charge in [-0.25, -0.2) is 4.98 Å². The maximum atomic E-state index is 6.28. The van der Waals surface area contributed by atoms with Crippen molar-refractivity contribution in [2.45, 2.75) is 25.8 Å². The Hall–Kier alpha value is -1.98. The van der Waals surface area contributed by atoms with Crippen molar-refractivity contribution < 1.29 is 0 Å². The smallest absolute Gasteiger partial charge is 0.155 e. The van der Waals surface area contributed by atoms with Crippen LogP contribution in [0.4, 0.5) is 0 Å². The second kappa shape index (κ2) is 5.91. The number of hydrogen-bond acceptors (Lipinski definition) is 4. The summed E-state index contributed by atoms with van der Waals surface area (Å²) in [5.41, 5.74) is 2.22. The van der Waals surface area contributed by atoms with E-state index in [9.17, 15) is 0 Å². The van der Waals surface area contributed by atoms with Crippen LogP contribution in [0, 0.1) is 6.92 Å². The van der Waals surface area contributed by atoms with E-state index in [0.717, 1.165) is 53.6 Å². The summed E-state index contributed by atoms with van der Waals surface area (Å²) in [4.78, 5) is 11.4. The molecule has 5 nitrogen and oxygen atoms in total. The number of halogens is 1. The highest BCUT2D eigenvalue weighted by Crippen LogP contribution is 2.29. The first-order valence-corrected chi connectivity index (χ1v) is 8.22. The van der Waals surface area contributed by atoms with Crippen molar-refractivity contribution in [3.8, 4) is 0 Å². The lowest BCUT2D eigenvalue weighted by Gasteiger charge is -2.16. The lowest BCUT2D eigenvalue weighted by molar-refractivity contribution is 0.327. The Labute approximate surface area is 139 Å². The summed E-state index contributed by atoms with van der Waals surface area (Å²) >= 11 is 6.28. The molecule has 1 atom stereocenters. The molecule has 1 fully saturated rings. The fourth-order valence-corrected chi connectivity index (χ4v) is 3.51. The zero-order valence-electron chi connectivity index (χ0n) is 13.0. The summed E-state index contributed by atoms with van der Waals surface area (Å²) in [5, 5.41) is 9.02. The number of hydrogen-bond donors (Lipinski definition) is 1. The van der Waals surface area contributed by atoms with Gasteiger partial charge >= 0.3 is 0 Å². The first kappa shape index (κ1) is 14.6. The van der Waals surface area contributed by atoms with Gasteiger partial charge in [-0.2, -0.15) is 5.10 Å². The van der Waals surface area contributed by atoms with E-state index in [4.69, 9.17) is 11.6 Å². The normalized spacial score (nSPS) is 18.8. The quantitative estimate of drug-likeness (QED) is 0.802. The van der Waals surface area contributed by atoms with Crippen LogP contribution in [0.3, 0.4) is 0 Å². The lowest BCUT2D eigenvalue weighted by Crippen LogP contribution is -2.20. The molecule has 118 valence electrons. The van der Waals surface area contributed by atoms with Crippen molar-refractivity contribution in [2.24, 2.45) is 0 Å². The number of likely N-dealkylation sites (tertiary alicyclic amines) is 1. The van der Waals surface area contributed by atoms with Crippen molar-refractivity contribution in [1.82, 2.24) is 25.1 Å². The van der Waals surface area contributed by atoms with Crippen LogP contribution in [0.25, 0.3) is 10.9 Å². The Morgan fingerprint density at radius 1 is 1.35 bits per heavy atom.